The van der Waals surface area contributed by atoms with Crippen molar-refractivity contribution in [2.45, 2.75) is 13.8 Å². The maximum atomic E-state index is 11.9. The second-order valence-corrected chi connectivity index (χ2v) is 5.32. The number of thiophene rings is 1. The van der Waals surface area contributed by atoms with E-state index >= 15 is 0 Å². The fraction of sp³-hybridized carbons (Fsp3) is 0.545. The lowest BCUT2D eigenvalue weighted by atomic mass is 9.93. The van der Waals surface area contributed by atoms with Gasteiger partial charge in [-0.05, 0) is 23.4 Å². The monoisotopic (exact) mass is 262 g/mol. The van der Waals surface area contributed by atoms with Gasteiger partial charge in [0.1, 0.15) is 0 Å². The normalized spacial score (nSPS) is 10.8. The number of hydrogen-bond acceptors (Lipinski definition) is 3. The van der Waals surface area contributed by atoms with Gasteiger partial charge in [-0.2, -0.15) is 11.3 Å². The summed E-state index contributed by atoms with van der Waals surface area (Å²) in [4.78, 5) is 13.6. The summed E-state index contributed by atoms with van der Waals surface area (Å²) in [5, 5.41) is 3.78. The van der Waals surface area contributed by atoms with Crippen LogP contribution in [0.5, 0.6) is 0 Å². The van der Waals surface area contributed by atoms with Crippen molar-refractivity contribution in [1.82, 2.24) is 4.90 Å². The standard InChI is InChI=1S/C11H18N2OS.ClH/c1-11(2,7-12)8-13(3)10(14)9-4-5-15-6-9;/h4-6H,7-8,12H2,1-3H3;1H. The number of hydrogen-bond donors (Lipinski definition) is 1. The van der Waals surface area contributed by atoms with Gasteiger partial charge < -0.3 is 10.6 Å². The number of carbonyl (C=O) groups excluding carboxylic acids is 1. The summed E-state index contributed by atoms with van der Waals surface area (Å²) < 4.78 is 0. The number of halogens is 1. The van der Waals surface area contributed by atoms with Crippen LogP contribution < -0.4 is 5.73 Å². The van der Waals surface area contributed by atoms with Gasteiger partial charge in [0.15, 0.2) is 0 Å². The van der Waals surface area contributed by atoms with Crippen LogP contribution in [0, 0.1) is 5.41 Å². The molecule has 0 saturated carbocycles. The van der Waals surface area contributed by atoms with Gasteiger partial charge in [-0.1, -0.05) is 13.8 Å². The second kappa shape index (κ2) is 6.23. The molecule has 0 bridgehead atoms. The van der Waals surface area contributed by atoms with Crippen LogP contribution in [0.4, 0.5) is 0 Å². The minimum atomic E-state index is -0.0273. The van der Waals surface area contributed by atoms with Gasteiger partial charge in [0.05, 0.1) is 5.56 Å². The molecule has 0 fully saturated rings. The zero-order valence-corrected chi connectivity index (χ0v) is 11.5. The maximum absolute atomic E-state index is 11.9. The van der Waals surface area contributed by atoms with E-state index in [-0.39, 0.29) is 23.7 Å². The molecular formula is C11H19ClN2OS. The van der Waals surface area contributed by atoms with Gasteiger partial charge in [0, 0.05) is 19.0 Å². The van der Waals surface area contributed by atoms with E-state index < -0.39 is 0 Å². The molecule has 1 rings (SSSR count). The smallest absolute Gasteiger partial charge is 0.254 e. The Morgan fingerprint density at radius 2 is 2.19 bits per heavy atom. The lowest BCUT2D eigenvalue weighted by molar-refractivity contribution is 0.0741. The summed E-state index contributed by atoms with van der Waals surface area (Å²) in [6, 6.07) is 1.85. The first kappa shape index (κ1) is 15.4. The molecule has 0 aromatic carbocycles. The fourth-order valence-electron chi connectivity index (χ4n) is 1.38. The van der Waals surface area contributed by atoms with Crippen molar-refractivity contribution in [3.05, 3.63) is 22.4 Å². The van der Waals surface area contributed by atoms with Gasteiger partial charge >= 0.3 is 0 Å². The van der Waals surface area contributed by atoms with Crippen LogP contribution in [0.3, 0.4) is 0 Å². The van der Waals surface area contributed by atoms with E-state index in [9.17, 15) is 4.79 Å². The Morgan fingerprint density at radius 3 is 2.62 bits per heavy atom. The van der Waals surface area contributed by atoms with Crippen molar-refractivity contribution < 1.29 is 4.79 Å². The van der Waals surface area contributed by atoms with Crippen molar-refractivity contribution in [3.8, 4) is 0 Å². The second-order valence-electron chi connectivity index (χ2n) is 4.54. The van der Waals surface area contributed by atoms with E-state index in [1.165, 1.54) is 11.3 Å². The zero-order valence-electron chi connectivity index (χ0n) is 9.90. The first-order chi connectivity index (χ1) is 6.96. The number of nitrogens with zero attached hydrogens (tertiary/aromatic N) is 1. The summed E-state index contributed by atoms with van der Waals surface area (Å²) in [6.45, 7) is 5.38. The SMILES string of the molecule is CN(CC(C)(C)CN)C(=O)c1ccsc1.Cl. The minimum Gasteiger partial charge on any atom is -0.341 e. The van der Waals surface area contributed by atoms with Gasteiger partial charge in [-0.15, -0.1) is 12.4 Å². The van der Waals surface area contributed by atoms with Gasteiger partial charge in [-0.3, -0.25) is 4.79 Å². The molecule has 1 aromatic rings. The van der Waals surface area contributed by atoms with Crippen LogP contribution in [0.2, 0.25) is 0 Å². The van der Waals surface area contributed by atoms with Crippen molar-refractivity contribution in [1.29, 1.82) is 0 Å². The molecule has 0 unspecified atom stereocenters. The molecule has 0 aliphatic carbocycles. The molecule has 3 nitrogen and oxygen atoms in total. The topological polar surface area (TPSA) is 46.3 Å². The third-order valence-electron chi connectivity index (χ3n) is 2.33. The van der Waals surface area contributed by atoms with Crippen molar-refractivity contribution >= 4 is 29.7 Å². The number of amides is 1. The lowest BCUT2D eigenvalue weighted by Crippen LogP contribution is -2.39. The van der Waals surface area contributed by atoms with Gasteiger partial charge in [0.2, 0.25) is 0 Å². The largest absolute Gasteiger partial charge is 0.341 e. The average molecular weight is 263 g/mol. The molecule has 92 valence electrons. The van der Waals surface area contributed by atoms with E-state index in [2.05, 4.69) is 13.8 Å². The predicted molar refractivity (Wildman–Crippen MR) is 71.4 cm³/mol. The molecule has 16 heavy (non-hydrogen) atoms. The van der Waals surface area contributed by atoms with E-state index in [0.29, 0.717) is 13.1 Å². The quantitative estimate of drug-likeness (QED) is 0.905. The van der Waals surface area contributed by atoms with Crippen LogP contribution >= 0.6 is 23.7 Å². The van der Waals surface area contributed by atoms with Crippen LogP contribution in [-0.4, -0.2) is 30.9 Å². The fourth-order valence-corrected chi connectivity index (χ4v) is 2.01. The summed E-state index contributed by atoms with van der Waals surface area (Å²) in [5.41, 5.74) is 6.37. The molecule has 0 saturated heterocycles. The maximum Gasteiger partial charge on any atom is 0.254 e. The van der Waals surface area contributed by atoms with Crippen LogP contribution in [0.15, 0.2) is 16.8 Å². The molecule has 0 aliphatic heterocycles. The highest BCUT2D eigenvalue weighted by Crippen LogP contribution is 2.16. The van der Waals surface area contributed by atoms with Crippen molar-refractivity contribution in [2.24, 2.45) is 11.1 Å². The molecule has 1 heterocycles. The van der Waals surface area contributed by atoms with E-state index in [4.69, 9.17) is 5.73 Å². The Balaban J connectivity index is 0.00000225. The highest BCUT2D eigenvalue weighted by Gasteiger charge is 2.21. The molecule has 0 aliphatic rings. The molecule has 2 N–H and O–H groups in total. The number of rotatable bonds is 4. The molecule has 5 heteroatoms. The predicted octanol–water partition coefficient (Wildman–Crippen LogP) is 2.23. The van der Waals surface area contributed by atoms with Crippen LogP contribution in [0.1, 0.15) is 24.2 Å². The highest BCUT2D eigenvalue weighted by molar-refractivity contribution is 7.08. The Labute approximate surface area is 107 Å². The summed E-state index contributed by atoms with van der Waals surface area (Å²) in [5.74, 6) is 0.0674. The first-order valence-corrected chi connectivity index (χ1v) is 5.88. The Bertz CT molecular complexity index is 325. The highest BCUT2D eigenvalue weighted by atomic mass is 35.5. The molecule has 0 spiro atoms. The Morgan fingerprint density at radius 1 is 1.56 bits per heavy atom. The first-order valence-electron chi connectivity index (χ1n) is 4.94. The van der Waals surface area contributed by atoms with E-state index in [1.54, 1.807) is 4.90 Å². The molecule has 1 amide bonds. The molecular weight excluding hydrogens is 244 g/mol. The third kappa shape index (κ3) is 4.12. The summed E-state index contributed by atoms with van der Waals surface area (Å²) in [7, 11) is 1.82. The van der Waals surface area contributed by atoms with Crippen molar-refractivity contribution in [2.75, 3.05) is 20.1 Å². The lowest BCUT2D eigenvalue weighted by Gasteiger charge is -2.28. The molecule has 1 aromatic heterocycles. The van der Waals surface area contributed by atoms with E-state index in [1.807, 2.05) is 23.9 Å². The molecule has 0 atom stereocenters. The van der Waals surface area contributed by atoms with Gasteiger partial charge in [-0.25, -0.2) is 0 Å². The number of nitrogens with two attached hydrogens (primary N) is 1. The summed E-state index contributed by atoms with van der Waals surface area (Å²) >= 11 is 1.54. The minimum absolute atomic E-state index is 0. The molecule has 0 radical (unpaired) electrons. The van der Waals surface area contributed by atoms with Crippen LogP contribution in [0.25, 0.3) is 0 Å². The van der Waals surface area contributed by atoms with Gasteiger partial charge in [0.25, 0.3) is 5.91 Å². The van der Waals surface area contributed by atoms with Crippen molar-refractivity contribution in [3.63, 3.8) is 0 Å². The van der Waals surface area contributed by atoms with Crippen LogP contribution in [-0.2, 0) is 0 Å². The zero-order chi connectivity index (χ0) is 11.5. The Hall–Kier alpha value is -0.580. The summed E-state index contributed by atoms with van der Waals surface area (Å²) in [6.07, 6.45) is 0. The average Bonchev–Trinajstić information content (AvgIpc) is 2.68. The van der Waals surface area contributed by atoms with E-state index in [0.717, 1.165) is 5.56 Å². The third-order valence-corrected chi connectivity index (χ3v) is 3.02. The number of carbonyl (C=O) groups is 1. The Kier molecular flexibility index (Phi) is 6.00.